The van der Waals surface area contributed by atoms with Crippen LogP contribution in [0.15, 0.2) is 18.3 Å². The van der Waals surface area contributed by atoms with Gasteiger partial charge in [-0.1, -0.05) is 6.92 Å². The Labute approximate surface area is 87.0 Å². The van der Waals surface area contributed by atoms with E-state index in [-0.39, 0.29) is 0 Å². The van der Waals surface area contributed by atoms with Gasteiger partial charge in [0.1, 0.15) is 5.65 Å². The van der Waals surface area contributed by atoms with Crippen LogP contribution in [0.1, 0.15) is 24.1 Å². The number of carbonyl (C=O) groups excluding carboxylic acids is 1. The molecule has 0 aliphatic heterocycles. The number of aliphatic carboxylic acids is 1. The fourth-order valence-corrected chi connectivity index (χ4v) is 1.85. The number of aromatic nitrogens is 2. The van der Waals surface area contributed by atoms with E-state index in [2.05, 4.69) is 9.97 Å². The highest BCUT2D eigenvalue weighted by Crippen LogP contribution is 2.27. The summed E-state index contributed by atoms with van der Waals surface area (Å²) in [5, 5.41) is 11.7. The van der Waals surface area contributed by atoms with E-state index in [4.69, 9.17) is 0 Å². The number of carboxylic acids is 1. The molecule has 1 N–H and O–H groups in total. The third-order valence-corrected chi connectivity index (χ3v) is 2.59. The second kappa shape index (κ2) is 3.38. The lowest BCUT2D eigenvalue weighted by molar-refractivity contribution is -0.307. The number of hydrogen-bond donors (Lipinski definition) is 1. The number of nitrogens with zero attached hydrogens (tertiary/aromatic N) is 1. The van der Waals surface area contributed by atoms with E-state index in [1.165, 1.54) is 0 Å². The van der Waals surface area contributed by atoms with Crippen molar-refractivity contribution < 1.29 is 9.90 Å². The molecule has 2 heterocycles. The zero-order valence-electron chi connectivity index (χ0n) is 8.57. The molecule has 15 heavy (non-hydrogen) atoms. The van der Waals surface area contributed by atoms with Crippen LogP contribution < -0.4 is 5.11 Å². The van der Waals surface area contributed by atoms with Gasteiger partial charge in [-0.25, -0.2) is 4.98 Å². The molecule has 4 heteroatoms. The third kappa shape index (κ3) is 1.48. The molecule has 2 aromatic rings. The van der Waals surface area contributed by atoms with Crippen molar-refractivity contribution in [3.8, 4) is 0 Å². The largest absolute Gasteiger partial charge is 0.550 e. The molecule has 0 radical (unpaired) electrons. The monoisotopic (exact) mass is 203 g/mol. The number of fused-ring (bicyclic) bond motifs is 1. The standard InChI is InChI=1S/C11H12N2O2/c1-6(11(14)15)9-7(2)13-10-8(9)4-3-5-12-10/h3-6H,1-2H3,(H,12,13)(H,14,15)/p-1. The molecule has 0 bridgehead atoms. The van der Waals surface area contributed by atoms with Gasteiger partial charge in [-0.15, -0.1) is 0 Å². The minimum absolute atomic E-state index is 0.622. The lowest BCUT2D eigenvalue weighted by Crippen LogP contribution is -2.28. The summed E-state index contributed by atoms with van der Waals surface area (Å²) in [7, 11) is 0. The SMILES string of the molecule is Cc1[nH]c2ncccc2c1C(C)C(=O)[O-]. The Kier molecular flexibility index (Phi) is 2.19. The number of carbonyl (C=O) groups is 1. The van der Waals surface area contributed by atoms with Crippen molar-refractivity contribution in [2.45, 2.75) is 19.8 Å². The Balaban J connectivity index is 2.68. The molecule has 0 aromatic carbocycles. The molecule has 0 spiro atoms. The Morgan fingerprint density at radius 1 is 1.60 bits per heavy atom. The quantitative estimate of drug-likeness (QED) is 0.782. The average molecular weight is 203 g/mol. The first kappa shape index (κ1) is 9.71. The van der Waals surface area contributed by atoms with Crippen LogP contribution in [0.5, 0.6) is 0 Å². The third-order valence-electron chi connectivity index (χ3n) is 2.59. The first-order chi connectivity index (χ1) is 7.11. The number of nitrogens with one attached hydrogen (secondary N) is 1. The Morgan fingerprint density at radius 3 is 3.00 bits per heavy atom. The van der Waals surface area contributed by atoms with Crippen LogP contribution in [0.2, 0.25) is 0 Å². The lowest BCUT2D eigenvalue weighted by atomic mass is 9.99. The van der Waals surface area contributed by atoms with E-state index >= 15 is 0 Å². The van der Waals surface area contributed by atoms with Gasteiger partial charge in [0.05, 0.1) is 0 Å². The summed E-state index contributed by atoms with van der Waals surface area (Å²) >= 11 is 0. The molecule has 1 atom stereocenters. The Bertz CT molecular complexity index is 516. The summed E-state index contributed by atoms with van der Waals surface area (Å²) in [5.74, 6) is -1.69. The van der Waals surface area contributed by atoms with Crippen LogP contribution in [0.3, 0.4) is 0 Å². The highest BCUT2D eigenvalue weighted by molar-refractivity contribution is 5.87. The number of H-pyrrole nitrogens is 1. The highest BCUT2D eigenvalue weighted by Gasteiger charge is 2.15. The van der Waals surface area contributed by atoms with E-state index in [0.717, 1.165) is 22.3 Å². The van der Waals surface area contributed by atoms with E-state index in [1.807, 2.05) is 13.0 Å². The van der Waals surface area contributed by atoms with Crippen molar-refractivity contribution >= 4 is 17.0 Å². The van der Waals surface area contributed by atoms with E-state index < -0.39 is 11.9 Å². The van der Waals surface area contributed by atoms with Gasteiger partial charge in [-0.3, -0.25) is 0 Å². The fraction of sp³-hybridized carbons (Fsp3) is 0.273. The zero-order chi connectivity index (χ0) is 11.0. The molecule has 0 amide bonds. The van der Waals surface area contributed by atoms with Crippen molar-refractivity contribution in [2.24, 2.45) is 0 Å². The van der Waals surface area contributed by atoms with E-state index in [1.54, 1.807) is 19.2 Å². The Hall–Kier alpha value is -1.84. The topological polar surface area (TPSA) is 68.8 Å². The van der Waals surface area contributed by atoms with Gasteiger partial charge in [-0.05, 0) is 24.6 Å². The number of rotatable bonds is 2. The minimum Gasteiger partial charge on any atom is -0.550 e. The Morgan fingerprint density at radius 2 is 2.33 bits per heavy atom. The van der Waals surface area contributed by atoms with Crippen molar-refractivity contribution in [3.05, 3.63) is 29.6 Å². The normalized spacial score (nSPS) is 12.9. The van der Waals surface area contributed by atoms with Crippen LogP contribution >= 0.6 is 0 Å². The van der Waals surface area contributed by atoms with Crippen molar-refractivity contribution in [3.63, 3.8) is 0 Å². The molecule has 2 aromatic heterocycles. The first-order valence-corrected chi connectivity index (χ1v) is 4.75. The van der Waals surface area contributed by atoms with Gasteiger partial charge in [0.15, 0.2) is 0 Å². The number of pyridine rings is 1. The lowest BCUT2D eigenvalue weighted by Gasteiger charge is -2.12. The highest BCUT2D eigenvalue weighted by atomic mass is 16.4. The molecular formula is C11H11N2O2-. The summed E-state index contributed by atoms with van der Waals surface area (Å²) in [4.78, 5) is 18.0. The summed E-state index contributed by atoms with van der Waals surface area (Å²) < 4.78 is 0. The van der Waals surface area contributed by atoms with E-state index in [0.29, 0.717) is 0 Å². The zero-order valence-corrected chi connectivity index (χ0v) is 8.57. The molecule has 0 saturated carbocycles. The summed E-state index contributed by atoms with van der Waals surface area (Å²) in [5.41, 5.74) is 2.32. The maximum absolute atomic E-state index is 10.8. The number of aromatic amines is 1. The molecule has 4 nitrogen and oxygen atoms in total. The van der Waals surface area contributed by atoms with Crippen LogP contribution in [0.4, 0.5) is 0 Å². The first-order valence-electron chi connectivity index (χ1n) is 4.75. The van der Waals surface area contributed by atoms with Gasteiger partial charge in [0.25, 0.3) is 0 Å². The summed E-state index contributed by atoms with van der Waals surface area (Å²) in [6.45, 7) is 3.47. The smallest absolute Gasteiger partial charge is 0.137 e. The molecular weight excluding hydrogens is 192 g/mol. The predicted molar refractivity (Wildman–Crippen MR) is 54.3 cm³/mol. The van der Waals surface area contributed by atoms with Gasteiger partial charge in [0.2, 0.25) is 0 Å². The van der Waals surface area contributed by atoms with Gasteiger partial charge in [-0.2, -0.15) is 0 Å². The number of carboxylic acid groups (broad SMARTS) is 1. The molecule has 78 valence electrons. The second-order valence-electron chi connectivity index (χ2n) is 3.60. The predicted octanol–water partition coefficient (Wildman–Crippen LogP) is 0.725. The molecule has 0 aliphatic carbocycles. The van der Waals surface area contributed by atoms with Crippen molar-refractivity contribution in [1.82, 2.24) is 9.97 Å². The van der Waals surface area contributed by atoms with Crippen LogP contribution in [0.25, 0.3) is 11.0 Å². The van der Waals surface area contributed by atoms with Gasteiger partial charge in [0, 0.05) is 29.2 Å². The molecule has 1 unspecified atom stereocenters. The average Bonchev–Trinajstić information content (AvgIpc) is 2.52. The maximum Gasteiger partial charge on any atom is 0.137 e. The molecule has 0 fully saturated rings. The van der Waals surface area contributed by atoms with Crippen LogP contribution in [-0.2, 0) is 4.79 Å². The molecule has 0 aliphatic rings. The number of aryl methyl sites for hydroxylation is 1. The van der Waals surface area contributed by atoms with Crippen molar-refractivity contribution in [2.75, 3.05) is 0 Å². The van der Waals surface area contributed by atoms with Crippen LogP contribution in [-0.4, -0.2) is 15.9 Å². The molecule has 0 saturated heterocycles. The van der Waals surface area contributed by atoms with Crippen LogP contribution in [0, 0.1) is 6.92 Å². The molecule has 2 rings (SSSR count). The van der Waals surface area contributed by atoms with Crippen molar-refractivity contribution in [1.29, 1.82) is 0 Å². The number of hydrogen-bond acceptors (Lipinski definition) is 3. The van der Waals surface area contributed by atoms with E-state index in [9.17, 15) is 9.90 Å². The second-order valence-corrected chi connectivity index (χ2v) is 3.60. The van der Waals surface area contributed by atoms with Gasteiger partial charge < -0.3 is 14.9 Å². The minimum atomic E-state index is -1.07. The summed E-state index contributed by atoms with van der Waals surface area (Å²) in [6.07, 6.45) is 1.67. The fourth-order valence-electron chi connectivity index (χ4n) is 1.85. The maximum atomic E-state index is 10.8. The summed E-state index contributed by atoms with van der Waals surface area (Å²) in [6, 6.07) is 3.65. The van der Waals surface area contributed by atoms with Gasteiger partial charge >= 0.3 is 0 Å².